The Balaban J connectivity index is 1.51. The van der Waals surface area contributed by atoms with Crippen molar-refractivity contribution in [3.8, 4) is 11.5 Å². The van der Waals surface area contributed by atoms with Gasteiger partial charge in [-0.05, 0) is 118 Å². The number of hydrogen-bond donors (Lipinski definition) is 0. The van der Waals surface area contributed by atoms with Gasteiger partial charge in [0.1, 0.15) is 11.5 Å². The average Bonchev–Trinajstić information content (AvgIpc) is 2.89. The molecule has 0 bridgehead atoms. The molecule has 0 aliphatic heterocycles. The summed E-state index contributed by atoms with van der Waals surface area (Å²) in [4.78, 5) is 0. The molecule has 0 aliphatic rings. The molecule has 4 aromatic carbocycles. The van der Waals surface area contributed by atoms with Crippen molar-refractivity contribution in [3.63, 3.8) is 0 Å². The van der Waals surface area contributed by atoms with Crippen LogP contribution in [0.25, 0.3) is 0 Å². The van der Waals surface area contributed by atoms with Crippen molar-refractivity contribution in [1.82, 2.24) is 0 Å². The smallest absolute Gasteiger partial charge is 0.339 e. The van der Waals surface area contributed by atoms with Crippen LogP contribution in [-0.2, 0) is 23.7 Å². The van der Waals surface area contributed by atoms with Gasteiger partial charge < -0.3 is 4.74 Å². The molecule has 204 valence electrons. The number of benzene rings is 4. The second-order valence-electron chi connectivity index (χ2n) is 8.47. The molecule has 0 atom stereocenters. The highest BCUT2D eigenvalue weighted by Gasteiger charge is 2.59. The number of ether oxygens (including phenoxy) is 1. The second kappa shape index (κ2) is 10.9. The Hall–Kier alpha value is -2.42. The quantitative estimate of drug-likeness (QED) is 0.128. The summed E-state index contributed by atoms with van der Waals surface area (Å²) in [5.41, 5.74) is -3.62. The monoisotopic (exact) mass is 774 g/mol. The van der Waals surface area contributed by atoms with Gasteiger partial charge >= 0.3 is 23.7 Å². The zero-order chi connectivity index (χ0) is 28.6. The number of halogens is 10. The van der Waals surface area contributed by atoms with Crippen molar-refractivity contribution in [2.75, 3.05) is 0 Å². The predicted octanol–water partition coefficient (Wildman–Crippen LogP) is 10.5. The summed E-state index contributed by atoms with van der Waals surface area (Å²) in [5, 5.41) is 0. The van der Waals surface area contributed by atoms with E-state index < -0.39 is 45.9 Å². The Morgan fingerprint density at radius 1 is 0.410 bits per heavy atom. The van der Waals surface area contributed by atoms with Crippen molar-refractivity contribution in [1.29, 1.82) is 0 Å². The van der Waals surface area contributed by atoms with E-state index in [4.69, 9.17) is 4.74 Å². The molecule has 0 unspecified atom stereocenters. The van der Waals surface area contributed by atoms with E-state index in [9.17, 15) is 35.1 Å². The molecule has 0 radical (unpaired) electrons. The Kier molecular flexibility index (Phi) is 8.23. The first kappa shape index (κ1) is 29.6. The fraction of sp³-hybridized carbons (Fsp3) is 0.143. The number of alkyl halides is 8. The predicted molar refractivity (Wildman–Crippen MR) is 147 cm³/mol. The third-order valence-corrected chi connectivity index (χ3v) is 7.17. The third kappa shape index (κ3) is 5.74. The minimum absolute atomic E-state index is 0.0594. The summed E-state index contributed by atoms with van der Waals surface area (Å²) in [6.45, 7) is 0. The molecule has 0 amide bonds. The minimum Gasteiger partial charge on any atom is -0.457 e. The molecule has 1 nitrogen and oxygen atoms in total. The van der Waals surface area contributed by atoms with E-state index in [-0.39, 0.29) is 11.5 Å². The molecule has 0 N–H and O–H groups in total. The van der Waals surface area contributed by atoms with Crippen molar-refractivity contribution < 1.29 is 39.9 Å². The molecule has 11 heteroatoms. The second-order valence-corrected chi connectivity index (χ2v) is 11.0. The van der Waals surface area contributed by atoms with Crippen LogP contribution in [0.15, 0.2) is 97.1 Å². The van der Waals surface area contributed by atoms with Crippen molar-refractivity contribution >= 4 is 45.2 Å². The summed E-state index contributed by atoms with van der Waals surface area (Å²) < 4.78 is 124. The lowest BCUT2D eigenvalue weighted by Gasteiger charge is -2.27. The lowest BCUT2D eigenvalue weighted by Crippen LogP contribution is -2.35. The van der Waals surface area contributed by atoms with Crippen LogP contribution < -0.4 is 4.74 Å². The summed E-state index contributed by atoms with van der Waals surface area (Å²) in [6, 6.07) is 16.4. The van der Waals surface area contributed by atoms with Gasteiger partial charge in [-0.15, -0.1) is 0 Å². The summed E-state index contributed by atoms with van der Waals surface area (Å²) in [7, 11) is 0. The lowest BCUT2D eigenvalue weighted by atomic mass is 9.96. The Labute approximate surface area is 245 Å². The zero-order valence-electron chi connectivity index (χ0n) is 19.4. The molecule has 4 rings (SSSR count). The van der Waals surface area contributed by atoms with Crippen LogP contribution in [0.4, 0.5) is 35.1 Å². The van der Waals surface area contributed by atoms with Gasteiger partial charge in [-0.2, -0.15) is 35.1 Å². The van der Waals surface area contributed by atoms with Crippen molar-refractivity contribution in [2.45, 2.75) is 23.7 Å². The Morgan fingerprint density at radius 2 is 0.718 bits per heavy atom. The first-order valence-electron chi connectivity index (χ1n) is 11.1. The van der Waals surface area contributed by atoms with E-state index in [1.165, 1.54) is 24.3 Å². The van der Waals surface area contributed by atoms with E-state index in [2.05, 4.69) is 0 Å². The summed E-state index contributed by atoms with van der Waals surface area (Å²) >= 11 is 3.49. The van der Waals surface area contributed by atoms with Crippen LogP contribution in [0.5, 0.6) is 11.5 Å². The number of rotatable bonds is 8. The fourth-order valence-corrected chi connectivity index (χ4v) is 4.78. The molecule has 0 aromatic heterocycles. The van der Waals surface area contributed by atoms with Gasteiger partial charge in [0.25, 0.3) is 0 Å². The molecule has 0 aliphatic carbocycles. The van der Waals surface area contributed by atoms with E-state index >= 15 is 0 Å². The fourth-order valence-electron chi connectivity index (χ4n) is 3.69. The molecular weight excluding hydrogens is 758 g/mol. The Morgan fingerprint density at radius 3 is 1.03 bits per heavy atom. The maximum absolute atomic E-state index is 14.8. The molecular formula is C28H16F8I2O. The van der Waals surface area contributed by atoms with Gasteiger partial charge in [0.2, 0.25) is 0 Å². The summed E-state index contributed by atoms with van der Waals surface area (Å²) in [5.74, 6) is -18.2. The van der Waals surface area contributed by atoms with Crippen molar-refractivity contribution in [2.24, 2.45) is 0 Å². The largest absolute Gasteiger partial charge is 0.457 e. The van der Waals surface area contributed by atoms with Gasteiger partial charge in [0, 0.05) is 29.4 Å². The molecule has 39 heavy (non-hydrogen) atoms. The van der Waals surface area contributed by atoms with Crippen LogP contribution in [0, 0.1) is 7.14 Å². The van der Waals surface area contributed by atoms with Crippen LogP contribution in [0.1, 0.15) is 22.3 Å². The first-order valence-corrected chi connectivity index (χ1v) is 13.2. The van der Waals surface area contributed by atoms with Crippen LogP contribution in [0.2, 0.25) is 0 Å². The van der Waals surface area contributed by atoms with Gasteiger partial charge in [-0.1, -0.05) is 24.3 Å². The highest BCUT2D eigenvalue weighted by atomic mass is 127. The van der Waals surface area contributed by atoms with Crippen molar-refractivity contribution in [3.05, 3.63) is 126 Å². The van der Waals surface area contributed by atoms with Gasteiger partial charge in [0.05, 0.1) is 0 Å². The van der Waals surface area contributed by atoms with E-state index in [0.29, 0.717) is 7.14 Å². The number of hydrogen-bond acceptors (Lipinski definition) is 1. The lowest BCUT2D eigenvalue weighted by molar-refractivity contribution is -0.223. The normalized spacial score (nSPS) is 12.9. The third-order valence-electron chi connectivity index (χ3n) is 5.83. The maximum Gasteiger partial charge on any atom is 0.339 e. The van der Waals surface area contributed by atoms with E-state index in [1.807, 2.05) is 0 Å². The molecule has 0 saturated heterocycles. The van der Waals surface area contributed by atoms with Crippen LogP contribution in [0.3, 0.4) is 0 Å². The highest BCUT2D eigenvalue weighted by molar-refractivity contribution is 14.1. The molecule has 0 saturated carbocycles. The Bertz CT molecular complexity index is 1340. The van der Waals surface area contributed by atoms with Crippen LogP contribution in [-0.4, -0.2) is 0 Å². The first-order chi connectivity index (χ1) is 18.2. The van der Waals surface area contributed by atoms with Crippen LogP contribution >= 0.6 is 45.2 Å². The summed E-state index contributed by atoms with van der Waals surface area (Å²) in [6.07, 6.45) is 0. The molecule has 0 fully saturated rings. The van der Waals surface area contributed by atoms with Gasteiger partial charge in [0.15, 0.2) is 0 Å². The average molecular weight is 774 g/mol. The minimum atomic E-state index is -4.55. The SMILES string of the molecule is FC(F)(c1ccc(Oc2ccc(C(F)(F)C(F)(F)c3cccc(I)c3)cc2)cc1)C(F)(F)c1cccc(I)c1. The van der Waals surface area contributed by atoms with E-state index in [0.717, 1.165) is 72.8 Å². The highest BCUT2D eigenvalue weighted by Crippen LogP contribution is 2.51. The molecule has 0 spiro atoms. The molecule has 0 heterocycles. The topological polar surface area (TPSA) is 9.23 Å². The van der Waals surface area contributed by atoms with Gasteiger partial charge in [-0.25, -0.2) is 0 Å². The maximum atomic E-state index is 14.8. The molecule has 4 aromatic rings. The zero-order valence-corrected chi connectivity index (χ0v) is 23.7. The standard InChI is InChI=1S/C28H16F8I2O/c29-25(30,27(33,34)19-3-1-5-21(37)15-19)17-7-11-23(12-8-17)39-24-13-9-18(10-14-24)26(31,32)28(35,36)20-4-2-6-22(38)16-20/h1-16H. The van der Waals surface area contributed by atoms with Gasteiger partial charge in [-0.3, -0.25) is 0 Å². The van der Waals surface area contributed by atoms with E-state index in [1.54, 1.807) is 45.2 Å².